The fourth-order valence-electron chi connectivity index (χ4n) is 1.60. The van der Waals surface area contributed by atoms with Gasteiger partial charge in [0.1, 0.15) is 5.60 Å². The van der Waals surface area contributed by atoms with Crippen LogP contribution in [0.25, 0.3) is 0 Å². The molecule has 0 aliphatic carbocycles. The lowest BCUT2D eigenvalue weighted by Gasteiger charge is -2.20. The van der Waals surface area contributed by atoms with Crippen LogP contribution in [0.1, 0.15) is 38.1 Å². The number of ketones is 1. The molecule has 0 spiro atoms. The van der Waals surface area contributed by atoms with Gasteiger partial charge in [-0.2, -0.15) is 0 Å². The van der Waals surface area contributed by atoms with Gasteiger partial charge < -0.3 is 4.74 Å². The molecule has 1 atom stereocenters. The molecular weight excluding hydrogens is 292 g/mol. The van der Waals surface area contributed by atoms with Gasteiger partial charge in [-0.15, -0.1) is 0 Å². The van der Waals surface area contributed by atoms with Crippen LogP contribution in [-0.2, 0) is 14.5 Å². The number of Topliss-reactive ketones (excluding diaryl/α,β-unsaturated/α-hetero) is 1. The molecular formula is C14H20N2O4S. The molecule has 0 saturated heterocycles. The molecule has 0 fully saturated rings. The molecule has 0 saturated carbocycles. The van der Waals surface area contributed by atoms with Gasteiger partial charge in [0.2, 0.25) is 0 Å². The molecule has 1 unspecified atom stereocenters. The van der Waals surface area contributed by atoms with Crippen LogP contribution >= 0.6 is 0 Å². The fraction of sp³-hybridized carbons (Fsp3) is 0.429. The van der Waals surface area contributed by atoms with Crippen LogP contribution in [0.3, 0.4) is 0 Å². The molecule has 1 aromatic rings. The normalized spacial score (nSPS) is 14.1. The summed E-state index contributed by atoms with van der Waals surface area (Å²) in [5.74, 6) is -0.193. The van der Waals surface area contributed by atoms with E-state index in [1.165, 1.54) is 31.4 Å². The van der Waals surface area contributed by atoms with E-state index in [4.69, 9.17) is 9.52 Å². The van der Waals surface area contributed by atoms with Crippen LogP contribution in [0.15, 0.2) is 23.1 Å². The number of rotatable bonds is 3. The van der Waals surface area contributed by atoms with Crippen LogP contribution in [0.2, 0.25) is 0 Å². The Bertz CT molecular complexity index is 673. The second-order valence-electron chi connectivity index (χ2n) is 5.74. The SMILES string of the molecule is CC(=O)c1ccc(S(C)(=N)=O)c(NC(=O)OC(C)(C)C)c1. The highest BCUT2D eigenvalue weighted by atomic mass is 32.2. The van der Waals surface area contributed by atoms with Gasteiger partial charge in [0.15, 0.2) is 5.78 Å². The summed E-state index contributed by atoms with van der Waals surface area (Å²) < 4.78 is 24.7. The van der Waals surface area contributed by atoms with E-state index in [2.05, 4.69) is 5.32 Å². The molecule has 21 heavy (non-hydrogen) atoms. The summed E-state index contributed by atoms with van der Waals surface area (Å²) in [4.78, 5) is 23.4. The van der Waals surface area contributed by atoms with E-state index >= 15 is 0 Å². The van der Waals surface area contributed by atoms with Gasteiger partial charge in [0.25, 0.3) is 0 Å². The molecule has 0 aliphatic rings. The van der Waals surface area contributed by atoms with Gasteiger partial charge in [-0.3, -0.25) is 10.1 Å². The summed E-state index contributed by atoms with van der Waals surface area (Å²) in [7, 11) is -3.05. The molecule has 6 nitrogen and oxygen atoms in total. The van der Waals surface area contributed by atoms with Crippen molar-refractivity contribution in [2.45, 2.75) is 38.2 Å². The molecule has 0 aromatic heterocycles. The number of ether oxygens (including phenoxy) is 1. The van der Waals surface area contributed by atoms with E-state index in [9.17, 15) is 13.8 Å². The lowest BCUT2D eigenvalue weighted by molar-refractivity contribution is 0.0635. The summed E-state index contributed by atoms with van der Waals surface area (Å²) in [5.41, 5.74) is -0.176. The maximum atomic E-state index is 11.9. The Morgan fingerprint density at radius 2 is 1.86 bits per heavy atom. The van der Waals surface area contributed by atoms with Gasteiger partial charge in [-0.25, -0.2) is 13.8 Å². The number of hydrogen-bond acceptors (Lipinski definition) is 5. The molecule has 1 rings (SSSR count). The van der Waals surface area contributed by atoms with Crippen molar-refractivity contribution in [3.8, 4) is 0 Å². The molecule has 0 aliphatic heterocycles. The zero-order valence-electron chi connectivity index (χ0n) is 12.8. The third-order valence-corrected chi connectivity index (χ3v) is 3.64. The third-order valence-electron chi connectivity index (χ3n) is 2.44. The van der Waals surface area contributed by atoms with Crippen LogP contribution < -0.4 is 5.32 Å². The number of carbonyl (C=O) groups excluding carboxylic acids is 2. The molecule has 0 bridgehead atoms. The highest BCUT2D eigenvalue weighted by Crippen LogP contribution is 2.24. The molecule has 0 radical (unpaired) electrons. The van der Waals surface area contributed by atoms with Crippen molar-refractivity contribution in [1.29, 1.82) is 4.78 Å². The summed E-state index contributed by atoms with van der Waals surface area (Å²) in [6, 6.07) is 4.30. The lowest BCUT2D eigenvalue weighted by atomic mass is 10.1. The van der Waals surface area contributed by atoms with E-state index in [1.54, 1.807) is 20.8 Å². The zero-order valence-corrected chi connectivity index (χ0v) is 13.6. The van der Waals surface area contributed by atoms with Gasteiger partial charge in [0.05, 0.1) is 20.3 Å². The summed E-state index contributed by atoms with van der Waals surface area (Å²) in [6.07, 6.45) is 0.517. The minimum absolute atomic E-state index is 0.151. The number of hydrogen-bond donors (Lipinski definition) is 2. The predicted molar refractivity (Wildman–Crippen MR) is 81.4 cm³/mol. The Morgan fingerprint density at radius 3 is 2.29 bits per heavy atom. The van der Waals surface area contributed by atoms with Crippen molar-refractivity contribution in [2.75, 3.05) is 11.6 Å². The van der Waals surface area contributed by atoms with Crippen molar-refractivity contribution in [3.05, 3.63) is 23.8 Å². The highest BCUT2D eigenvalue weighted by molar-refractivity contribution is 7.91. The Labute approximate surface area is 124 Å². The maximum Gasteiger partial charge on any atom is 0.412 e. The van der Waals surface area contributed by atoms with Crippen LogP contribution in [0.5, 0.6) is 0 Å². The topological polar surface area (TPSA) is 96.3 Å². The third kappa shape index (κ3) is 5.18. The summed E-state index contributed by atoms with van der Waals surface area (Å²) >= 11 is 0. The van der Waals surface area contributed by atoms with Crippen molar-refractivity contribution in [1.82, 2.24) is 0 Å². The summed E-state index contributed by atoms with van der Waals surface area (Å²) in [6.45, 7) is 6.53. The maximum absolute atomic E-state index is 11.9. The van der Waals surface area contributed by atoms with Crippen molar-refractivity contribution in [3.63, 3.8) is 0 Å². The van der Waals surface area contributed by atoms with E-state index in [0.717, 1.165) is 0 Å². The number of nitrogens with one attached hydrogen (secondary N) is 2. The second-order valence-corrected chi connectivity index (χ2v) is 7.86. The monoisotopic (exact) mass is 312 g/mol. The van der Waals surface area contributed by atoms with Gasteiger partial charge in [-0.05, 0) is 39.8 Å². The Balaban J connectivity index is 3.22. The largest absolute Gasteiger partial charge is 0.444 e. The first-order valence-corrected chi connectivity index (χ1v) is 8.25. The Morgan fingerprint density at radius 1 is 1.29 bits per heavy atom. The zero-order chi connectivity index (χ0) is 16.4. The van der Waals surface area contributed by atoms with E-state index in [-0.39, 0.29) is 16.4 Å². The molecule has 1 amide bonds. The minimum Gasteiger partial charge on any atom is -0.444 e. The van der Waals surface area contributed by atoms with Crippen LogP contribution in [-0.4, -0.2) is 27.9 Å². The van der Waals surface area contributed by atoms with Gasteiger partial charge >= 0.3 is 6.09 Å². The van der Waals surface area contributed by atoms with Crippen molar-refractivity contribution in [2.24, 2.45) is 0 Å². The number of benzene rings is 1. The number of carbonyl (C=O) groups is 2. The summed E-state index contributed by atoms with van der Waals surface area (Å²) in [5, 5.41) is 2.46. The quantitative estimate of drug-likeness (QED) is 0.837. The molecule has 116 valence electrons. The number of amides is 1. The first-order chi connectivity index (χ1) is 9.40. The average Bonchev–Trinajstić information content (AvgIpc) is 2.24. The smallest absolute Gasteiger partial charge is 0.412 e. The minimum atomic E-state index is -3.05. The van der Waals surface area contributed by atoms with E-state index < -0.39 is 21.4 Å². The molecule has 1 aromatic carbocycles. The second kappa shape index (κ2) is 5.85. The number of anilines is 1. The van der Waals surface area contributed by atoms with Crippen molar-refractivity contribution < 1.29 is 18.5 Å². The van der Waals surface area contributed by atoms with E-state index in [0.29, 0.717) is 5.56 Å². The molecule has 2 N–H and O–H groups in total. The van der Waals surface area contributed by atoms with Crippen LogP contribution in [0, 0.1) is 4.78 Å². The lowest BCUT2D eigenvalue weighted by Crippen LogP contribution is -2.27. The van der Waals surface area contributed by atoms with Gasteiger partial charge in [-0.1, -0.05) is 6.07 Å². The average molecular weight is 312 g/mol. The first kappa shape index (κ1) is 17.2. The van der Waals surface area contributed by atoms with E-state index in [1.807, 2.05) is 0 Å². The Kier molecular flexibility index (Phi) is 4.78. The first-order valence-electron chi connectivity index (χ1n) is 6.29. The Hall–Kier alpha value is -1.89. The molecule has 7 heteroatoms. The van der Waals surface area contributed by atoms with Crippen molar-refractivity contribution >= 4 is 27.3 Å². The molecule has 0 heterocycles. The standard InChI is InChI=1S/C14H20N2O4S/c1-9(17)10-6-7-12(21(5,15)19)11(8-10)16-13(18)20-14(2,3)4/h6-8,15H,1-5H3,(H,16,18). The van der Waals surface area contributed by atoms with Gasteiger partial charge in [0, 0.05) is 11.8 Å². The highest BCUT2D eigenvalue weighted by Gasteiger charge is 2.19. The van der Waals surface area contributed by atoms with Crippen LogP contribution in [0.4, 0.5) is 10.5 Å². The fourth-order valence-corrected chi connectivity index (χ4v) is 2.46. The predicted octanol–water partition coefficient (Wildman–Crippen LogP) is 3.27.